The first-order valence-electron chi connectivity index (χ1n) is 5.22. The van der Waals surface area contributed by atoms with E-state index in [0.29, 0.717) is 23.9 Å². The van der Waals surface area contributed by atoms with E-state index < -0.39 is 0 Å². The number of aromatic nitrogens is 2. The molecule has 1 saturated heterocycles. The molecular formula is C10H13N3O2. The fraction of sp³-hybridized carbons (Fsp3) is 0.600. The molecule has 0 unspecified atom stereocenters. The summed E-state index contributed by atoms with van der Waals surface area (Å²) in [7, 11) is 0. The van der Waals surface area contributed by atoms with Crippen LogP contribution in [0.3, 0.4) is 0 Å². The first kappa shape index (κ1) is 8.91. The molecule has 1 aromatic heterocycles. The minimum atomic E-state index is -0.197. The lowest BCUT2D eigenvalue weighted by Gasteiger charge is -2.34. The van der Waals surface area contributed by atoms with E-state index in [-0.39, 0.29) is 12.0 Å². The second kappa shape index (κ2) is 3.06. The van der Waals surface area contributed by atoms with E-state index in [1.54, 1.807) is 12.4 Å². The third-order valence-electron chi connectivity index (χ3n) is 3.56. The summed E-state index contributed by atoms with van der Waals surface area (Å²) in [5.74, 6) is 0.835. The Kier molecular flexibility index (Phi) is 1.82. The minimum Gasteiger partial charge on any atom is -0.393 e. The van der Waals surface area contributed by atoms with E-state index in [4.69, 9.17) is 0 Å². The number of rotatable bonds is 1. The number of nitrogens with one attached hydrogen (secondary N) is 1. The van der Waals surface area contributed by atoms with Gasteiger partial charge < -0.3 is 10.0 Å². The van der Waals surface area contributed by atoms with Crippen LogP contribution in [0.25, 0.3) is 0 Å². The molecule has 0 bridgehead atoms. The maximum Gasteiger partial charge on any atom is 0.257 e. The number of fused-ring (bicyclic) bond motifs is 1. The number of hydrogen-bond acceptors (Lipinski definition) is 3. The molecule has 2 fully saturated rings. The quantitative estimate of drug-likeness (QED) is 0.673. The van der Waals surface area contributed by atoms with Crippen molar-refractivity contribution in [2.45, 2.75) is 12.5 Å². The van der Waals surface area contributed by atoms with Crippen LogP contribution in [0.4, 0.5) is 0 Å². The Morgan fingerprint density at radius 1 is 1.60 bits per heavy atom. The van der Waals surface area contributed by atoms with Crippen molar-refractivity contribution in [3.63, 3.8) is 0 Å². The smallest absolute Gasteiger partial charge is 0.257 e. The second-order valence-electron chi connectivity index (χ2n) is 4.42. The molecular weight excluding hydrogens is 194 g/mol. The van der Waals surface area contributed by atoms with Gasteiger partial charge in [-0.1, -0.05) is 0 Å². The number of carbonyl (C=O) groups is 1. The first-order valence-corrected chi connectivity index (χ1v) is 5.22. The van der Waals surface area contributed by atoms with E-state index in [2.05, 4.69) is 10.2 Å². The minimum absolute atomic E-state index is 0.0188. The highest BCUT2D eigenvalue weighted by Crippen LogP contribution is 2.41. The highest BCUT2D eigenvalue weighted by molar-refractivity contribution is 5.93. The molecule has 3 rings (SSSR count). The normalized spacial score (nSPS) is 33.7. The van der Waals surface area contributed by atoms with Crippen molar-refractivity contribution in [2.75, 3.05) is 13.1 Å². The number of aliphatic hydroxyl groups is 1. The molecule has 1 aliphatic heterocycles. The van der Waals surface area contributed by atoms with Crippen LogP contribution in [0.5, 0.6) is 0 Å². The van der Waals surface area contributed by atoms with Crippen LogP contribution in [0, 0.1) is 11.8 Å². The summed E-state index contributed by atoms with van der Waals surface area (Å²) < 4.78 is 0. The lowest BCUT2D eigenvalue weighted by atomic mass is 9.74. The molecule has 2 heterocycles. The van der Waals surface area contributed by atoms with Gasteiger partial charge in [0.1, 0.15) is 0 Å². The van der Waals surface area contributed by atoms with Crippen LogP contribution in [0.15, 0.2) is 12.4 Å². The fourth-order valence-electron chi connectivity index (χ4n) is 2.59. The van der Waals surface area contributed by atoms with Gasteiger partial charge in [0.05, 0.1) is 17.9 Å². The van der Waals surface area contributed by atoms with Crippen molar-refractivity contribution in [1.29, 1.82) is 0 Å². The molecule has 3 atom stereocenters. The standard InChI is InChI=1S/C10H13N3O2/c14-9-1-6-4-13(5-8(6)9)10(15)7-2-11-12-3-7/h2-3,6,8-9,14H,1,4-5H2,(H,11,12)/t6-,8+,9-/m0/s1. The third kappa shape index (κ3) is 1.26. The van der Waals surface area contributed by atoms with E-state index in [1.807, 2.05) is 4.90 Å². The van der Waals surface area contributed by atoms with Crippen molar-refractivity contribution in [3.8, 4) is 0 Å². The van der Waals surface area contributed by atoms with E-state index >= 15 is 0 Å². The highest BCUT2D eigenvalue weighted by atomic mass is 16.3. The zero-order valence-electron chi connectivity index (χ0n) is 8.26. The van der Waals surface area contributed by atoms with Gasteiger partial charge in [-0.3, -0.25) is 9.89 Å². The number of aromatic amines is 1. The molecule has 1 amide bonds. The second-order valence-corrected chi connectivity index (χ2v) is 4.42. The topological polar surface area (TPSA) is 69.2 Å². The maximum absolute atomic E-state index is 11.9. The van der Waals surface area contributed by atoms with E-state index in [9.17, 15) is 9.90 Å². The summed E-state index contributed by atoms with van der Waals surface area (Å²) in [6, 6.07) is 0. The molecule has 5 nitrogen and oxygen atoms in total. The van der Waals surface area contributed by atoms with Crippen molar-refractivity contribution < 1.29 is 9.90 Å². The zero-order chi connectivity index (χ0) is 10.4. The summed E-state index contributed by atoms with van der Waals surface area (Å²) >= 11 is 0. The number of hydrogen-bond donors (Lipinski definition) is 2. The van der Waals surface area contributed by atoms with Crippen LogP contribution in [0.1, 0.15) is 16.8 Å². The van der Waals surface area contributed by atoms with Crippen molar-refractivity contribution in [3.05, 3.63) is 18.0 Å². The van der Waals surface area contributed by atoms with Gasteiger partial charge in [-0.25, -0.2) is 0 Å². The Hall–Kier alpha value is -1.36. The lowest BCUT2D eigenvalue weighted by molar-refractivity contribution is -0.00426. The summed E-state index contributed by atoms with van der Waals surface area (Å²) in [6.07, 6.45) is 3.80. The van der Waals surface area contributed by atoms with Gasteiger partial charge in [-0.15, -0.1) is 0 Å². The first-order chi connectivity index (χ1) is 7.25. The molecule has 5 heteroatoms. The van der Waals surface area contributed by atoms with E-state index in [0.717, 1.165) is 13.0 Å². The van der Waals surface area contributed by atoms with Crippen LogP contribution in [-0.4, -0.2) is 45.3 Å². The van der Waals surface area contributed by atoms with Crippen LogP contribution < -0.4 is 0 Å². The van der Waals surface area contributed by atoms with Crippen LogP contribution >= 0.6 is 0 Å². The Morgan fingerprint density at radius 3 is 3.07 bits per heavy atom. The van der Waals surface area contributed by atoms with Gasteiger partial charge in [0.2, 0.25) is 0 Å². The molecule has 1 aliphatic carbocycles. The maximum atomic E-state index is 11.9. The SMILES string of the molecule is O=C(c1cn[nH]c1)N1C[C@@H]2C[C@H](O)[C@@H]2C1. The molecule has 2 aliphatic rings. The third-order valence-corrected chi connectivity index (χ3v) is 3.56. The average molecular weight is 207 g/mol. The summed E-state index contributed by atoms with van der Waals surface area (Å²) in [4.78, 5) is 13.7. The molecule has 0 aromatic carbocycles. The number of amides is 1. The Bertz CT molecular complexity index is 376. The van der Waals surface area contributed by atoms with Crippen molar-refractivity contribution >= 4 is 5.91 Å². The van der Waals surface area contributed by atoms with Crippen molar-refractivity contribution in [2.24, 2.45) is 11.8 Å². The van der Waals surface area contributed by atoms with Gasteiger partial charge in [-0.05, 0) is 12.3 Å². The molecule has 1 saturated carbocycles. The van der Waals surface area contributed by atoms with Crippen LogP contribution in [0.2, 0.25) is 0 Å². The van der Waals surface area contributed by atoms with Gasteiger partial charge in [0.25, 0.3) is 5.91 Å². The average Bonchev–Trinajstić information content (AvgIpc) is 2.82. The molecule has 15 heavy (non-hydrogen) atoms. The number of H-pyrrole nitrogens is 1. The number of likely N-dealkylation sites (tertiary alicyclic amines) is 1. The van der Waals surface area contributed by atoms with Gasteiger partial charge in [-0.2, -0.15) is 5.10 Å². The Labute approximate surface area is 87.1 Å². The summed E-state index contributed by atoms with van der Waals surface area (Å²) in [6.45, 7) is 1.47. The molecule has 0 radical (unpaired) electrons. The predicted molar refractivity (Wildman–Crippen MR) is 52.1 cm³/mol. The zero-order valence-corrected chi connectivity index (χ0v) is 8.26. The summed E-state index contributed by atoms with van der Waals surface area (Å²) in [5.41, 5.74) is 0.603. The largest absolute Gasteiger partial charge is 0.393 e. The lowest BCUT2D eigenvalue weighted by Crippen LogP contribution is -2.39. The number of nitrogens with zero attached hydrogens (tertiary/aromatic N) is 2. The van der Waals surface area contributed by atoms with Gasteiger partial charge >= 0.3 is 0 Å². The predicted octanol–water partition coefficient (Wildman–Crippen LogP) is -0.137. The fourth-order valence-corrected chi connectivity index (χ4v) is 2.59. The molecule has 2 N–H and O–H groups in total. The molecule has 80 valence electrons. The number of carbonyl (C=O) groups excluding carboxylic acids is 1. The Balaban J connectivity index is 1.72. The number of aliphatic hydroxyl groups excluding tert-OH is 1. The monoisotopic (exact) mass is 207 g/mol. The highest BCUT2D eigenvalue weighted by Gasteiger charge is 2.47. The molecule has 1 aromatic rings. The van der Waals surface area contributed by atoms with Crippen LogP contribution in [-0.2, 0) is 0 Å². The van der Waals surface area contributed by atoms with Crippen molar-refractivity contribution in [1.82, 2.24) is 15.1 Å². The molecule has 0 spiro atoms. The van der Waals surface area contributed by atoms with Gasteiger partial charge in [0, 0.05) is 25.2 Å². The van der Waals surface area contributed by atoms with Gasteiger partial charge in [0.15, 0.2) is 0 Å². The van der Waals surface area contributed by atoms with E-state index in [1.165, 1.54) is 0 Å². The Morgan fingerprint density at radius 2 is 2.47 bits per heavy atom. The summed E-state index contributed by atoms with van der Waals surface area (Å²) in [5, 5.41) is 15.9.